The zero-order valence-corrected chi connectivity index (χ0v) is 26.9. The zero-order valence-electron chi connectivity index (χ0n) is 26.9. The van der Waals surface area contributed by atoms with Gasteiger partial charge in [0.05, 0.1) is 31.5 Å². The minimum Gasteiger partial charge on any atom is -0.394 e. The lowest BCUT2D eigenvalue weighted by Gasteiger charge is -2.48. The van der Waals surface area contributed by atoms with Crippen LogP contribution in [0, 0.1) is 11.8 Å². The highest BCUT2D eigenvalue weighted by molar-refractivity contribution is 5.79. The van der Waals surface area contributed by atoms with E-state index in [2.05, 4.69) is 5.32 Å². The van der Waals surface area contributed by atoms with Gasteiger partial charge in [-0.25, -0.2) is 0 Å². The van der Waals surface area contributed by atoms with E-state index in [0.717, 1.165) is 44.9 Å². The molecule has 266 valence electrons. The second-order valence-electron chi connectivity index (χ2n) is 13.3. The summed E-state index contributed by atoms with van der Waals surface area (Å²) >= 11 is 0. The van der Waals surface area contributed by atoms with Crippen molar-refractivity contribution in [1.29, 1.82) is 0 Å². The molecule has 4 aliphatic rings. The summed E-state index contributed by atoms with van der Waals surface area (Å²) in [6.45, 7) is 2.57. The Morgan fingerprint density at radius 1 is 0.891 bits per heavy atom. The SMILES string of the molecule is CCC1CCC[C@@H](O[C@@H]2O[C@@H](CO)[C@H](O)C(O[C@@H](CC3CCCCC3)C(N)=O)C2NC(=O)CN)[C@@H]1O[C@@H]1OC(C)[C@@H](O)[C@H](O)C1O. The quantitative estimate of drug-likeness (QED) is 0.112. The molecule has 0 aromatic rings. The summed E-state index contributed by atoms with van der Waals surface area (Å²) in [7, 11) is 0. The normalized spacial score (nSPS) is 41.5. The van der Waals surface area contributed by atoms with Crippen molar-refractivity contribution in [1.82, 2.24) is 5.32 Å². The molecule has 0 radical (unpaired) electrons. The Morgan fingerprint density at radius 2 is 1.61 bits per heavy atom. The Balaban J connectivity index is 1.59. The molecule has 46 heavy (non-hydrogen) atoms. The van der Waals surface area contributed by atoms with Crippen molar-refractivity contribution in [3.63, 3.8) is 0 Å². The fraction of sp³-hybridized carbons (Fsp3) is 0.935. The van der Waals surface area contributed by atoms with Crippen molar-refractivity contribution in [2.45, 2.75) is 158 Å². The maximum atomic E-state index is 12.7. The number of aliphatic hydroxyl groups excluding tert-OH is 5. The van der Waals surface area contributed by atoms with Gasteiger partial charge >= 0.3 is 0 Å². The first-order valence-electron chi connectivity index (χ1n) is 16.9. The molecular formula is C31H55N3O12. The third kappa shape index (κ3) is 8.94. The van der Waals surface area contributed by atoms with E-state index in [1.54, 1.807) is 6.92 Å². The molecule has 15 heteroatoms. The number of hydrogen-bond acceptors (Lipinski definition) is 13. The predicted octanol–water partition coefficient (Wildman–Crippen LogP) is -1.47. The van der Waals surface area contributed by atoms with E-state index in [-0.39, 0.29) is 18.4 Å². The summed E-state index contributed by atoms with van der Waals surface area (Å²) < 4.78 is 30.8. The molecule has 0 aromatic heterocycles. The van der Waals surface area contributed by atoms with E-state index in [4.69, 9.17) is 35.2 Å². The van der Waals surface area contributed by atoms with Gasteiger partial charge in [-0.05, 0) is 38.0 Å². The fourth-order valence-electron chi connectivity index (χ4n) is 7.35. The highest BCUT2D eigenvalue weighted by Crippen LogP contribution is 2.37. The smallest absolute Gasteiger partial charge is 0.246 e. The first kappa shape index (κ1) is 37.3. The molecule has 2 amide bonds. The molecule has 2 saturated heterocycles. The number of primary amides is 1. The maximum absolute atomic E-state index is 12.7. The van der Waals surface area contributed by atoms with Crippen LogP contribution in [0.15, 0.2) is 0 Å². The van der Waals surface area contributed by atoms with Crippen LogP contribution in [0.5, 0.6) is 0 Å². The van der Waals surface area contributed by atoms with E-state index in [0.29, 0.717) is 19.3 Å². The van der Waals surface area contributed by atoms with E-state index >= 15 is 0 Å². The summed E-state index contributed by atoms with van der Waals surface area (Å²) in [6, 6.07) is -1.15. The van der Waals surface area contributed by atoms with Crippen LogP contribution in [0.2, 0.25) is 0 Å². The zero-order chi connectivity index (χ0) is 33.5. The van der Waals surface area contributed by atoms with Gasteiger partial charge in [-0.2, -0.15) is 0 Å². The third-order valence-corrected chi connectivity index (χ3v) is 10.1. The van der Waals surface area contributed by atoms with Gasteiger partial charge in [-0.15, -0.1) is 0 Å². The largest absolute Gasteiger partial charge is 0.394 e. The van der Waals surface area contributed by atoms with Gasteiger partial charge in [0, 0.05) is 0 Å². The molecule has 4 rings (SSSR count). The molecule has 2 aliphatic carbocycles. The molecule has 2 aliphatic heterocycles. The number of aliphatic hydroxyl groups is 5. The Kier molecular flexibility index (Phi) is 14.0. The average Bonchev–Trinajstić information content (AvgIpc) is 3.05. The third-order valence-electron chi connectivity index (χ3n) is 10.1. The highest BCUT2D eigenvalue weighted by Gasteiger charge is 2.51. The molecule has 0 aromatic carbocycles. The van der Waals surface area contributed by atoms with Crippen molar-refractivity contribution in [2.75, 3.05) is 13.2 Å². The standard InChI is InChI=1S/C31H55N3O12/c1-3-17-10-7-11-18(27(17)46-31-26(40)25(39)23(37)15(2)42-31)44-30-22(34-21(36)13-32)28(24(38)20(14-35)45-30)43-19(29(33)41)12-16-8-5-4-6-9-16/h15-20,22-28,30-31,35,37-40H,3-14,32H2,1-2H3,(H2,33,41)(H,34,36)/t15?,17?,18-,19+,20+,22?,23-,24+,25+,26?,27-,28?,30-,31+/m1/s1. The monoisotopic (exact) mass is 661 g/mol. The summed E-state index contributed by atoms with van der Waals surface area (Å²) in [5.74, 6) is -1.12. The Bertz CT molecular complexity index is 973. The summed E-state index contributed by atoms with van der Waals surface area (Å²) in [5, 5.41) is 55.4. The lowest BCUT2D eigenvalue weighted by molar-refractivity contribution is -0.337. The summed E-state index contributed by atoms with van der Waals surface area (Å²) in [4.78, 5) is 25.3. The van der Waals surface area contributed by atoms with E-state index < -0.39 is 98.1 Å². The Labute approximate surface area is 270 Å². The minimum atomic E-state index is -1.52. The topological polar surface area (TPSA) is 246 Å². The lowest BCUT2D eigenvalue weighted by Crippen LogP contribution is -2.67. The van der Waals surface area contributed by atoms with Gasteiger partial charge in [-0.3, -0.25) is 9.59 Å². The molecule has 0 bridgehead atoms. The van der Waals surface area contributed by atoms with Crippen LogP contribution in [-0.4, -0.2) is 130 Å². The Morgan fingerprint density at radius 3 is 2.24 bits per heavy atom. The first-order chi connectivity index (χ1) is 22.0. The van der Waals surface area contributed by atoms with Gasteiger partial charge < -0.3 is 66.0 Å². The van der Waals surface area contributed by atoms with E-state index in [1.165, 1.54) is 0 Å². The molecule has 10 N–H and O–H groups in total. The van der Waals surface area contributed by atoms with Crippen molar-refractivity contribution >= 4 is 11.8 Å². The minimum absolute atomic E-state index is 0.0458. The predicted molar refractivity (Wildman–Crippen MR) is 162 cm³/mol. The second-order valence-corrected chi connectivity index (χ2v) is 13.3. The van der Waals surface area contributed by atoms with E-state index in [9.17, 15) is 35.1 Å². The van der Waals surface area contributed by atoms with Crippen LogP contribution in [0.1, 0.15) is 78.1 Å². The van der Waals surface area contributed by atoms with Crippen LogP contribution < -0.4 is 16.8 Å². The molecule has 2 saturated carbocycles. The number of ether oxygens (including phenoxy) is 5. The van der Waals surface area contributed by atoms with Gasteiger partial charge in [0.1, 0.15) is 48.8 Å². The number of rotatable bonds is 13. The number of nitrogens with two attached hydrogens (primary N) is 2. The number of carbonyl (C=O) groups is 2. The molecular weight excluding hydrogens is 606 g/mol. The molecule has 0 spiro atoms. The summed E-state index contributed by atoms with van der Waals surface area (Å²) in [5.41, 5.74) is 11.4. The summed E-state index contributed by atoms with van der Waals surface area (Å²) in [6.07, 6.45) is -5.78. The van der Waals surface area contributed by atoms with Crippen molar-refractivity contribution in [3.05, 3.63) is 0 Å². The highest BCUT2D eigenvalue weighted by atomic mass is 16.7. The van der Waals surface area contributed by atoms with Crippen LogP contribution >= 0.6 is 0 Å². The van der Waals surface area contributed by atoms with Crippen LogP contribution in [0.3, 0.4) is 0 Å². The number of nitrogens with one attached hydrogen (secondary N) is 1. The van der Waals surface area contributed by atoms with Crippen molar-refractivity contribution in [3.8, 4) is 0 Å². The van der Waals surface area contributed by atoms with Crippen LogP contribution in [-0.2, 0) is 33.3 Å². The maximum Gasteiger partial charge on any atom is 0.246 e. The van der Waals surface area contributed by atoms with E-state index in [1.807, 2.05) is 6.92 Å². The average molecular weight is 662 g/mol. The number of carbonyl (C=O) groups excluding carboxylic acids is 2. The van der Waals surface area contributed by atoms with Crippen LogP contribution in [0.4, 0.5) is 0 Å². The number of hydrogen-bond donors (Lipinski definition) is 8. The molecule has 15 nitrogen and oxygen atoms in total. The second kappa shape index (κ2) is 17.2. The molecule has 4 fully saturated rings. The van der Waals surface area contributed by atoms with Gasteiger partial charge in [0.15, 0.2) is 12.6 Å². The van der Waals surface area contributed by atoms with Gasteiger partial charge in [0.25, 0.3) is 0 Å². The van der Waals surface area contributed by atoms with Gasteiger partial charge in [0.2, 0.25) is 11.8 Å². The Hall–Kier alpha value is -1.50. The molecule has 5 unspecified atom stereocenters. The van der Waals surface area contributed by atoms with Crippen LogP contribution in [0.25, 0.3) is 0 Å². The number of amides is 2. The van der Waals surface area contributed by atoms with Crippen molar-refractivity contribution in [2.24, 2.45) is 23.3 Å². The van der Waals surface area contributed by atoms with Gasteiger partial charge in [-0.1, -0.05) is 51.9 Å². The first-order valence-corrected chi connectivity index (χ1v) is 16.9. The lowest BCUT2D eigenvalue weighted by atomic mass is 9.82. The van der Waals surface area contributed by atoms with Crippen molar-refractivity contribution < 1.29 is 58.8 Å². The molecule has 2 heterocycles. The molecule has 14 atom stereocenters. The fourth-order valence-corrected chi connectivity index (χ4v) is 7.35.